The van der Waals surface area contributed by atoms with Crippen LogP contribution in [0.1, 0.15) is 5.69 Å². The summed E-state index contributed by atoms with van der Waals surface area (Å²) in [5.41, 5.74) is 0.909. The van der Waals surface area contributed by atoms with E-state index in [0.29, 0.717) is 18.9 Å². The van der Waals surface area contributed by atoms with Crippen LogP contribution in [0.2, 0.25) is 0 Å². The molecule has 5 atom stereocenters. The van der Waals surface area contributed by atoms with Crippen LogP contribution in [-0.4, -0.2) is 47.3 Å². The number of fused-ring (bicyclic) bond motifs is 2. The normalized spacial score (nSPS) is 31.8. The summed E-state index contributed by atoms with van der Waals surface area (Å²) in [6, 6.07) is 14.9. The van der Waals surface area contributed by atoms with Crippen molar-refractivity contribution in [2.24, 2.45) is 0 Å². The predicted octanol–water partition coefficient (Wildman–Crippen LogP) is 1.10. The Morgan fingerprint density at radius 3 is 2.79 bits per heavy atom. The van der Waals surface area contributed by atoms with Gasteiger partial charge in [0.1, 0.15) is 18.0 Å². The Labute approximate surface area is 140 Å². The molecule has 126 valence electrons. The third-order valence-electron chi connectivity index (χ3n) is 4.37. The van der Waals surface area contributed by atoms with Crippen LogP contribution in [0.25, 0.3) is 0 Å². The zero-order valence-electron chi connectivity index (χ0n) is 13.1. The van der Waals surface area contributed by atoms with E-state index < -0.39 is 18.5 Å². The lowest BCUT2D eigenvalue weighted by atomic mass is 9.97. The molecule has 3 heterocycles. The van der Waals surface area contributed by atoms with Crippen molar-refractivity contribution in [1.82, 2.24) is 10.3 Å². The van der Waals surface area contributed by atoms with Crippen molar-refractivity contribution < 1.29 is 19.3 Å². The Morgan fingerprint density at radius 1 is 1.17 bits per heavy atom. The first-order chi connectivity index (χ1) is 11.8. The van der Waals surface area contributed by atoms with Crippen LogP contribution < -0.4 is 10.1 Å². The summed E-state index contributed by atoms with van der Waals surface area (Å²) in [5, 5.41) is 14.1. The molecule has 2 aromatic rings. The molecule has 2 aliphatic heterocycles. The second-order valence-electron chi connectivity index (χ2n) is 5.99. The standard InChI is InChI=1S/C18H20N2O4/c21-16-15(20-10-12-6-4-5-9-19-12)14-11-22-18(24-14)17(16)23-13-7-2-1-3-8-13/h1-9,14-18,20-21H,10-11H2/t14-,15-,16+,17-,18-/m1/s1. The highest BCUT2D eigenvalue weighted by molar-refractivity contribution is 5.22. The van der Waals surface area contributed by atoms with Crippen molar-refractivity contribution in [3.63, 3.8) is 0 Å². The molecule has 2 aliphatic rings. The third-order valence-corrected chi connectivity index (χ3v) is 4.37. The van der Waals surface area contributed by atoms with Gasteiger partial charge in [-0.25, -0.2) is 0 Å². The molecule has 0 aliphatic carbocycles. The number of hydrogen-bond acceptors (Lipinski definition) is 6. The second kappa shape index (κ2) is 6.86. The highest BCUT2D eigenvalue weighted by Crippen LogP contribution is 2.31. The lowest BCUT2D eigenvalue weighted by Gasteiger charge is -2.38. The fourth-order valence-electron chi connectivity index (χ4n) is 3.15. The van der Waals surface area contributed by atoms with E-state index in [2.05, 4.69) is 10.3 Å². The molecule has 24 heavy (non-hydrogen) atoms. The first-order valence-electron chi connectivity index (χ1n) is 8.11. The third kappa shape index (κ3) is 3.14. The highest BCUT2D eigenvalue weighted by Gasteiger charge is 2.51. The Balaban J connectivity index is 1.46. The molecule has 6 heteroatoms. The minimum Gasteiger partial charge on any atom is -0.482 e. The van der Waals surface area contributed by atoms with Crippen LogP contribution in [-0.2, 0) is 16.0 Å². The molecule has 4 rings (SSSR count). The van der Waals surface area contributed by atoms with Crippen molar-refractivity contribution in [3.8, 4) is 5.75 Å². The number of benzene rings is 1. The molecular weight excluding hydrogens is 308 g/mol. The molecule has 2 fully saturated rings. The van der Waals surface area contributed by atoms with Gasteiger partial charge in [0.05, 0.1) is 18.3 Å². The maximum Gasteiger partial charge on any atom is 0.197 e. The number of nitrogens with zero attached hydrogens (tertiary/aromatic N) is 1. The topological polar surface area (TPSA) is 72.8 Å². The van der Waals surface area contributed by atoms with Crippen molar-refractivity contribution in [3.05, 3.63) is 60.4 Å². The number of pyridine rings is 1. The Bertz CT molecular complexity index is 655. The Kier molecular flexibility index (Phi) is 4.44. The van der Waals surface area contributed by atoms with E-state index in [0.717, 1.165) is 5.69 Å². The lowest BCUT2D eigenvalue weighted by molar-refractivity contribution is -0.193. The Hall–Kier alpha value is -1.99. The van der Waals surface area contributed by atoms with Crippen LogP contribution in [0.15, 0.2) is 54.7 Å². The molecule has 2 bridgehead atoms. The van der Waals surface area contributed by atoms with E-state index in [-0.39, 0.29) is 12.1 Å². The van der Waals surface area contributed by atoms with Gasteiger partial charge in [-0.05, 0) is 24.3 Å². The van der Waals surface area contributed by atoms with Crippen LogP contribution in [0.5, 0.6) is 5.75 Å². The smallest absolute Gasteiger partial charge is 0.197 e. The molecule has 0 spiro atoms. The molecule has 0 amide bonds. The highest BCUT2D eigenvalue weighted by atomic mass is 16.7. The molecule has 2 N–H and O–H groups in total. The summed E-state index contributed by atoms with van der Waals surface area (Å²) in [6.07, 6.45) is -0.295. The number of hydrogen-bond donors (Lipinski definition) is 2. The van der Waals surface area contributed by atoms with Gasteiger partial charge in [0.15, 0.2) is 12.4 Å². The zero-order valence-corrected chi connectivity index (χ0v) is 13.1. The average molecular weight is 328 g/mol. The minimum atomic E-state index is -0.736. The molecular formula is C18H20N2O4. The average Bonchev–Trinajstić information content (AvgIpc) is 3.06. The minimum absolute atomic E-state index is 0.190. The van der Waals surface area contributed by atoms with Crippen molar-refractivity contribution >= 4 is 0 Å². The molecule has 0 radical (unpaired) electrons. The van der Waals surface area contributed by atoms with E-state index in [9.17, 15) is 5.11 Å². The summed E-state index contributed by atoms with van der Waals surface area (Å²) in [5.74, 6) is 0.683. The maximum absolute atomic E-state index is 10.8. The first kappa shape index (κ1) is 15.5. The Morgan fingerprint density at radius 2 is 2.00 bits per heavy atom. The molecule has 0 saturated carbocycles. The number of aliphatic hydroxyl groups is 1. The van der Waals surface area contributed by atoms with Gasteiger partial charge >= 0.3 is 0 Å². The number of nitrogens with one attached hydrogen (secondary N) is 1. The van der Waals surface area contributed by atoms with Gasteiger partial charge in [-0.2, -0.15) is 0 Å². The second-order valence-corrected chi connectivity index (χ2v) is 5.99. The molecule has 1 aromatic carbocycles. The van der Waals surface area contributed by atoms with Gasteiger partial charge in [0.2, 0.25) is 0 Å². The number of rotatable bonds is 5. The SMILES string of the molecule is O[C@H]1[C@H](NCc2ccccn2)[C@H]2CO[C@H](O2)[C@@H]1Oc1ccccc1. The quantitative estimate of drug-likeness (QED) is 0.856. The number of ether oxygens (including phenoxy) is 3. The van der Waals surface area contributed by atoms with Crippen molar-refractivity contribution in [1.29, 1.82) is 0 Å². The molecule has 0 unspecified atom stereocenters. The van der Waals surface area contributed by atoms with E-state index >= 15 is 0 Å². The fourth-order valence-corrected chi connectivity index (χ4v) is 3.15. The van der Waals surface area contributed by atoms with Crippen molar-refractivity contribution in [2.75, 3.05) is 6.61 Å². The van der Waals surface area contributed by atoms with E-state index in [1.807, 2.05) is 48.5 Å². The van der Waals surface area contributed by atoms with Crippen molar-refractivity contribution in [2.45, 2.75) is 37.2 Å². The van der Waals surface area contributed by atoms with Gasteiger partial charge < -0.3 is 24.6 Å². The van der Waals surface area contributed by atoms with Gasteiger partial charge in [-0.1, -0.05) is 24.3 Å². The fraction of sp³-hybridized carbons (Fsp3) is 0.389. The van der Waals surface area contributed by atoms with E-state index in [4.69, 9.17) is 14.2 Å². The van der Waals surface area contributed by atoms with Crippen LogP contribution in [0.4, 0.5) is 0 Å². The van der Waals surface area contributed by atoms with Crippen LogP contribution in [0, 0.1) is 0 Å². The van der Waals surface area contributed by atoms with Crippen LogP contribution in [0.3, 0.4) is 0 Å². The van der Waals surface area contributed by atoms with Gasteiger partial charge in [0, 0.05) is 12.7 Å². The molecule has 2 saturated heterocycles. The zero-order chi connectivity index (χ0) is 16.4. The molecule has 6 nitrogen and oxygen atoms in total. The maximum atomic E-state index is 10.8. The van der Waals surface area contributed by atoms with Gasteiger partial charge in [0.25, 0.3) is 0 Å². The van der Waals surface area contributed by atoms with Gasteiger partial charge in [-0.3, -0.25) is 4.98 Å². The largest absolute Gasteiger partial charge is 0.482 e. The summed E-state index contributed by atoms with van der Waals surface area (Å²) in [7, 11) is 0. The number of para-hydroxylation sites is 1. The van der Waals surface area contributed by atoms with Gasteiger partial charge in [-0.15, -0.1) is 0 Å². The monoisotopic (exact) mass is 328 g/mol. The molecule has 1 aromatic heterocycles. The first-order valence-corrected chi connectivity index (χ1v) is 8.11. The summed E-state index contributed by atoms with van der Waals surface area (Å²) < 4.78 is 17.4. The summed E-state index contributed by atoms with van der Waals surface area (Å²) in [6.45, 7) is 0.988. The number of aliphatic hydroxyl groups excluding tert-OH is 1. The summed E-state index contributed by atoms with van der Waals surface area (Å²) >= 11 is 0. The predicted molar refractivity (Wildman–Crippen MR) is 86.3 cm³/mol. The van der Waals surface area contributed by atoms with E-state index in [1.165, 1.54) is 0 Å². The number of aromatic nitrogens is 1. The lowest BCUT2D eigenvalue weighted by Crippen LogP contribution is -2.61. The summed E-state index contributed by atoms with van der Waals surface area (Å²) in [4.78, 5) is 4.29. The van der Waals surface area contributed by atoms with Crippen LogP contribution >= 0.6 is 0 Å². The van der Waals surface area contributed by atoms with E-state index in [1.54, 1.807) is 6.20 Å².